The standard InChI is InChI=1S/C17H25NO2S/c1-11-6-7-15-13(8-11)9-16(21-15)17(20)18-14-5-3-2-4-12(14)10-19/h9,11-12,14,19H,2-8,10H2,1H3,(H,18,20). The predicted octanol–water partition coefficient (Wildman–Crippen LogP) is 3.15. The molecular formula is C17H25NO2S. The summed E-state index contributed by atoms with van der Waals surface area (Å²) in [5.74, 6) is 1.03. The lowest BCUT2D eigenvalue weighted by Gasteiger charge is -2.30. The van der Waals surface area contributed by atoms with Gasteiger partial charge < -0.3 is 10.4 Å². The molecule has 0 bridgehead atoms. The van der Waals surface area contributed by atoms with Crippen LogP contribution in [-0.2, 0) is 12.8 Å². The van der Waals surface area contributed by atoms with Gasteiger partial charge in [-0.05, 0) is 49.7 Å². The third-order valence-electron chi connectivity index (χ3n) is 5.01. The van der Waals surface area contributed by atoms with Crippen molar-refractivity contribution in [1.82, 2.24) is 5.32 Å². The molecule has 116 valence electrons. The van der Waals surface area contributed by atoms with Gasteiger partial charge in [0.1, 0.15) is 0 Å². The van der Waals surface area contributed by atoms with E-state index >= 15 is 0 Å². The Morgan fingerprint density at radius 2 is 2.19 bits per heavy atom. The van der Waals surface area contributed by atoms with Crippen molar-refractivity contribution in [3.63, 3.8) is 0 Å². The number of carbonyl (C=O) groups excluding carboxylic acids is 1. The molecule has 4 heteroatoms. The zero-order chi connectivity index (χ0) is 14.8. The van der Waals surface area contributed by atoms with Crippen molar-refractivity contribution in [2.24, 2.45) is 11.8 Å². The van der Waals surface area contributed by atoms with Gasteiger partial charge in [0.25, 0.3) is 5.91 Å². The second kappa shape index (κ2) is 6.49. The lowest BCUT2D eigenvalue weighted by molar-refractivity contribution is 0.0876. The molecule has 1 heterocycles. The first-order valence-electron chi connectivity index (χ1n) is 8.20. The number of fused-ring (bicyclic) bond motifs is 1. The minimum absolute atomic E-state index is 0.0624. The van der Waals surface area contributed by atoms with E-state index in [1.807, 2.05) is 0 Å². The third kappa shape index (κ3) is 3.32. The molecule has 2 N–H and O–H groups in total. The van der Waals surface area contributed by atoms with E-state index in [2.05, 4.69) is 18.3 Å². The van der Waals surface area contributed by atoms with Crippen molar-refractivity contribution < 1.29 is 9.90 Å². The molecule has 0 radical (unpaired) electrons. The largest absolute Gasteiger partial charge is 0.396 e. The van der Waals surface area contributed by atoms with Crippen molar-refractivity contribution in [2.45, 2.75) is 57.9 Å². The van der Waals surface area contributed by atoms with E-state index in [1.165, 1.54) is 23.3 Å². The second-order valence-corrected chi connectivity index (χ2v) is 7.85. The van der Waals surface area contributed by atoms with Gasteiger partial charge in [-0.3, -0.25) is 4.79 Å². The average Bonchev–Trinajstić information content (AvgIpc) is 2.91. The Labute approximate surface area is 130 Å². The van der Waals surface area contributed by atoms with Gasteiger partial charge in [0.05, 0.1) is 4.88 Å². The van der Waals surface area contributed by atoms with Gasteiger partial charge in [-0.2, -0.15) is 0 Å². The molecule has 2 aliphatic rings. The van der Waals surface area contributed by atoms with Crippen LogP contribution in [0, 0.1) is 11.8 Å². The molecule has 3 nitrogen and oxygen atoms in total. The summed E-state index contributed by atoms with van der Waals surface area (Å²) in [6, 6.07) is 2.25. The number of aliphatic hydroxyl groups is 1. The van der Waals surface area contributed by atoms with Crippen LogP contribution in [0.15, 0.2) is 6.07 Å². The van der Waals surface area contributed by atoms with Gasteiger partial charge >= 0.3 is 0 Å². The maximum absolute atomic E-state index is 12.5. The fourth-order valence-corrected chi connectivity index (χ4v) is 4.78. The number of rotatable bonds is 3. The molecule has 1 aromatic rings. The summed E-state index contributed by atoms with van der Waals surface area (Å²) >= 11 is 1.67. The van der Waals surface area contributed by atoms with Gasteiger partial charge in [0.2, 0.25) is 0 Å². The van der Waals surface area contributed by atoms with Crippen molar-refractivity contribution in [1.29, 1.82) is 0 Å². The summed E-state index contributed by atoms with van der Waals surface area (Å²) in [5.41, 5.74) is 1.38. The van der Waals surface area contributed by atoms with E-state index in [0.29, 0.717) is 0 Å². The second-order valence-electron chi connectivity index (χ2n) is 6.71. The number of aryl methyl sites for hydroxylation is 1. The van der Waals surface area contributed by atoms with Crippen LogP contribution in [0.4, 0.5) is 0 Å². The molecule has 0 aromatic carbocycles. The molecule has 3 unspecified atom stereocenters. The Bertz CT molecular complexity index is 511. The van der Waals surface area contributed by atoms with E-state index in [9.17, 15) is 9.90 Å². The zero-order valence-corrected chi connectivity index (χ0v) is 13.5. The predicted molar refractivity (Wildman–Crippen MR) is 85.8 cm³/mol. The Morgan fingerprint density at radius 1 is 1.38 bits per heavy atom. The molecule has 3 atom stereocenters. The lowest BCUT2D eigenvalue weighted by Crippen LogP contribution is -2.43. The molecule has 0 spiro atoms. The summed E-state index contributed by atoms with van der Waals surface area (Å²) in [5, 5.41) is 12.6. The van der Waals surface area contributed by atoms with Crippen LogP contribution >= 0.6 is 11.3 Å². The van der Waals surface area contributed by atoms with E-state index < -0.39 is 0 Å². The number of amides is 1. The van der Waals surface area contributed by atoms with Gasteiger partial charge in [0.15, 0.2) is 0 Å². The summed E-state index contributed by atoms with van der Waals surface area (Å²) in [6.07, 6.45) is 7.82. The van der Waals surface area contributed by atoms with Crippen LogP contribution in [0.3, 0.4) is 0 Å². The molecule has 3 rings (SSSR count). The van der Waals surface area contributed by atoms with E-state index in [4.69, 9.17) is 0 Å². The smallest absolute Gasteiger partial charge is 0.261 e. The van der Waals surface area contributed by atoms with Crippen LogP contribution in [0.25, 0.3) is 0 Å². The molecule has 21 heavy (non-hydrogen) atoms. The fourth-order valence-electron chi connectivity index (χ4n) is 3.67. The molecule has 0 aliphatic heterocycles. The molecular weight excluding hydrogens is 282 g/mol. The van der Waals surface area contributed by atoms with Gasteiger partial charge in [-0.1, -0.05) is 19.8 Å². The maximum atomic E-state index is 12.5. The lowest BCUT2D eigenvalue weighted by atomic mass is 9.85. The highest BCUT2D eigenvalue weighted by molar-refractivity contribution is 7.14. The summed E-state index contributed by atoms with van der Waals surface area (Å²) in [4.78, 5) is 14.8. The Balaban J connectivity index is 1.68. The molecule has 0 saturated heterocycles. The Kier molecular flexibility index (Phi) is 4.65. The van der Waals surface area contributed by atoms with Gasteiger partial charge in [0, 0.05) is 23.4 Å². The summed E-state index contributed by atoms with van der Waals surface area (Å²) in [7, 11) is 0. The number of hydrogen-bond acceptors (Lipinski definition) is 3. The topological polar surface area (TPSA) is 49.3 Å². The Hall–Kier alpha value is -0.870. The number of thiophene rings is 1. The number of hydrogen-bond donors (Lipinski definition) is 2. The van der Waals surface area contributed by atoms with Crippen molar-refractivity contribution in [2.75, 3.05) is 6.61 Å². The van der Waals surface area contributed by atoms with Crippen molar-refractivity contribution >= 4 is 17.2 Å². The Morgan fingerprint density at radius 3 is 3.00 bits per heavy atom. The van der Waals surface area contributed by atoms with Crippen LogP contribution in [0.1, 0.15) is 59.1 Å². The molecule has 1 aromatic heterocycles. The van der Waals surface area contributed by atoms with Crippen molar-refractivity contribution in [3.05, 3.63) is 21.4 Å². The number of aliphatic hydroxyl groups excluding tert-OH is 1. The van der Waals surface area contributed by atoms with Gasteiger partial charge in [-0.25, -0.2) is 0 Å². The highest BCUT2D eigenvalue weighted by Gasteiger charge is 2.27. The average molecular weight is 307 g/mol. The first-order valence-corrected chi connectivity index (χ1v) is 9.02. The SMILES string of the molecule is CC1CCc2sc(C(=O)NC3CCCCC3CO)cc2C1. The van der Waals surface area contributed by atoms with Crippen molar-refractivity contribution in [3.8, 4) is 0 Å². The monoisotopic (exact) mass is 307 g/mol. The maximum Gasteiger partial charge on any atom is 0.261 e. The zero-order valence-electron chi connectivity index (χ0n) is 12.7. The van der Waals surface area contributed by atoms with E-state index in [0.717, 1.165) is 42.9 Å². The number of nitrogens with one attached hydrogen (secondary N) is 1. The highest BCUT2D eigenvalue weighted by atomic mass is 32.1. The van der Waals surface area contributed by atoms with E-state index in [-0.39, 0.29) is 24.5 Å². The molecule has 2 aliphatic carbocycles. The highest BCUT2D eigenvalue weighted by Crippen LogP contribution is 2.32. The van der Waals surface area contributed by atoms with Gasteiger partial charge in [-0.15, -0.1) is 11.3 Å². The van der Waals surface area contributed by atoms with Crippen LogP contribution in [0.5, 0.6) is 0 Å². The normalized spacial score (nSPS) is 29.0. The minimum atomic E-state index is 0.0624. The first-order chi connectivity index (χ1) is 10.2. The minimum Gasteiger partial charge on any atom is -0.396 e. The first kappa shape index (κ1) is 15.0. The molecule has 1 amide bonds. The summed E-state index contributed by atoms with van der Waals surface area (Å²) in [6.45, 7) is 2.47. The quantitative estimate of drug-likeness (QED) is 0.901. The molecule has 1 fully saturated rings. The van der Waals surface area contributed by atoms with Crippen LogP contribution in [-0.4, -0.2) is 23.7 Å². The molecule has 1 saturated carbocycles. The van der Waals surface area contributed by atoms with Crippen LogP contribution < -0.4 is 5.32 Å². The third-order valence-corrected chi connectivity index (χ3v) is 6.25. The van der Waals surface area contributed by atoms with E-state index in [1.54, 1.807) is 11.3 Å². The summed E-state index contributed by atoms with van der Waals surface area (Å²) < 4.78 is 0. The van der Waals surface area contributed by atoms with Crippen LogP contribution in [0.2, 0.25) is 0 Å². The number of carbonyl (C=O) groups is 1. The fraction of sp³-hybridized carbons (Fsp3) is 0.706.